The Kier molecular flexibility index (Phi) is 5.36. The summed E-state index contributed by atoms with van der Waals surface area (Å²) in [6.45, 7) is 6.40. The molecule has 1 aromatic heterocycles. The predicted molar refractivity (Wildman–Crippen MR) is 80.6 cm³/mol. The molecule has 20 heavy (non-hydrogen) atoms. The van der Waals surface area contributed by atoms with Crippen LogP contribution in [0.25, 0.3) is 0 Å². The van der Waals surface area contributed by atoms with Crippen molar-refractivity contribution < 1.29 is 9.59 Å². The quantitative estimate of drug-likeness (QED) is 0.836. The van der Waals surface area contributed by atoms with Gasteiger partial charge in [0.1, 0.15) is 5.69 Å². The average Bonchev–Trinajstić information content (AvgIpc) is 2.92. The van der Waals surface area contributed by atoms with Gasteiger partial charge < -0.3 is 15.6 Å². The van der Waals surface area contributed by atoms with Gasteiger partial charge in [-0.1, -0.05) is 0 Å². The van der Waals surface area contributed by atoms with Crippen molar-refractivity contribution >= 4 is 24.1 Å². The minimum absolute atomic E-state index is 0. The van der Waals surface area contributed by atoms with Crippen LogP contribution in [0.15, 0.2) is 0 Å². The van der Waals surface area contributed by atoms with Gasteiger partial charge in [-0.15, -0.1) is 12.4 Å². The fourth-order valence-electron chi connectivity index (χ4n) is 2.98. The zero-order valence-corrected chi connectivity index (χ0v) is 13.0. The summed E-state index contributed by atoms with van der Waals surface area (Å²) in [5.74, 6) is -0.0526. The van der Waals surface area contributed by atoms with Crippen LogP contribution in [0.1, 0.15) is 51.9 Å². The molecule has 0 bridgehead atoms. The van der Waals surface area contributed by atoms with Crippen molar-refractivity contribution in [1.82, 2.24) is 9.88 Å². The van der Waals surface area contributed by atoms with E-state index >= 15 is 0 Å². The van der Waals surface area contributed by atoms with Crippen LogP contribution >= 0.6 is 12.4 Å². The number of aryl methyl sites for hydroxylation is 1. The van der Waals surface area contributed by atoms with E-state index in [1.165, 1.54) is 6.92 Å². The molecule has 2 rings (SSSR count). The Hall–Kier alpha value is -1.33. The average molecular weight is 300 g/mol. The summed E-state index contributed by atoms with van der Waals surface area (Å²) in [5, 5.41) is 0. The van der Waals surface area contributed by atoms with E-state index in [4.69, 9.17) is 5.73 Å². The lowest BCUT2D eigenvalue weighted by Gasteiger charge is -2.23. The van der Waals surface area contributed by atoms with Crippen molar-refractivity contribution in [3.8, 4) is 0 Å². The second-order valence-electron chi connectivity index (χ2n) is 5.21. The summed E-state index contributed by atoms with van der Waals surface area (Å²) in [5.41, 5.74) is 8.37. The molecular weight excluding hydrogens is 278 g/mol. The molecule has 2 heterocycles. The minimum atomic E-state index is -0.0407. The van der Waals surface area contributed by atoms with E-state index in [0.717, 1.165) is 30.6 Å². The zero-order chi connectivity index (χ0) is 14.2. The molecule has 1 saturated heterocycles. The lowest BCUT2D eigenvalue weighted by atomic mass is 10.1. The third-order valence-electron chi connectivity index (χ3n) is 3.91. The van der Waals surface area contributed by atoms with Crippen molar-refractivity contribution in [1.29, 1.82) is 0 Å². The van der Waals surface area contributed by atoms with Crippen molar-refractivity contribution in [2.24, 2.45) is 5.73 Å². The summed E-state index contributed by atoms with van der Waals surface area (Å²) in [4.78, 5) is 29.0. The van der Waals surface area contributed by atoms with Crippen molar-refractivity contribution in [3.05, 3.63) is 22.5 Å². The molecule has 3 N–H and O–H groups in total. The van der Waals surface area contributed by atoms with Crippen LogP contribution in [-0.2, 0) is 0 Å². The molecule has 112 valence electrons. The number of rotatable bonds is 3. The number of nitrogens with zero attached hydrogens (tertiary/aromatic N) is 1. The van der Waals surface area contributed by atoms with Crippen LogP contribution in [0.3, 0.4) is 0 Å². The molecule has 1 unspecified atom stereocenters. The molecule has 0 saturated carbocycles. The van der Waals surface area contributed by atoms with Crippen molar-refractivity contribution in [2.75, 3.05) is 13.1 Å². The summed E-state index contributed by atoms with van der Waals surface area (Å²) in [6.07, 6.45) is 1.95. The number of nitrogens with one attached hydrogen (secondary N) is 1. The molecular formula is C14H22ClN3O2. The zero-order valence-electron chi connectivity index (χ0n) is 12.2. The van der Waals surface area contributed by atoms with Crippen molar-refractivity contribution in [2.45, 2.75) is 39.7 Å². The Balaban J connectivity index is 0.00000200. The molecule has 1 aliphatic heterocycles. The van der Waals surface area contributed by atoms with Crippen LogP contribution in [0, 0.1) is 13.8 Å². The number of aromatic amines is 1. The molecule has 0 radical (unpaired) electrons. The number of carbonyl (C=O) groups excluding carboxylic acids is 2. The summed E-state index contributed by atoms with van der Waals surface area (Å²) in [7, 11) is 0. The highest BCUT2D eigenvalue weighted by Crippen LogP contribution is 2.24. The third kappa shape index (κ3) is 2.74. The van der Waals surface area contributed by atoms with E-state index in [9.17, 15) is 9.59 Å². The minimum Gasteiger partial charge on any atom is -0.354 e. The van der Waals surface area contributed by atoms with E-state index in [0.29, 0.717) is 17.8 Å². The fourth-order valence-corrected chi connectivity index (χ4v) is 2.98. The first-order valence-electron chi connectivity index (χ1n) is 6.68. The Labute approximate surface area is 125 Å². The van der Waals surface area contributed by atoms with Gasteiger partial charge in [0.05, 0.1) is 0 Å². The maximum Gasteiger partial charge on any atom is 0.270 e. The van der Waals surface area contributed by atoms with Crippen molar-refractivity contribution in [3.63, 3.8) is 0 Å². The third-order valence-corrected chi connectivity index (χ3v) is 3.91. The summed E-state index contributed by atoms with van der Waals surface area (Å²) < 4.78 is 0. The Bertz CT molecular complexity index is 525. The molecule has 6 heteroatoms. The van der Waals surface area contributed by atoms with E-state index in [1.54, 1.807) is 0 Å². The number of hydrogen-bond donors (Lipinski definition) is 2. The maximum atomic E-state index is 12.6. The number of likely N-dealkylation sites (tertiary alicyclic amines) is 1. The van der Waals surface area contributed by atoms with Gasteiger partial charge in [0, 0.05) is 30.4 Å². The van der Waals surface area contributed by atoms with E-state index in [1.807, 2.05) is 18.7 Å². The number of Topliss-reactive ketones (excluding diaryl/α,β-unsaturated/α-hetero) is 1. The molecule has 0 spiro atoms. The van der Waals surface area contributed by atoms with Gasteiger partial charge in [0.25, 0.3) is 5.91 Å². The molecule has 0 aliphatic carbocycles. The van der Waals surface area contributed by atoms with Gasteiger partial charge in [0.2, 0.25) is 0 Å². The Morgan fingerprint density at radius 3 is 2.55 bits per heavy atom. The summed E-state index contributed by atoms with van der Waals surface area (Å²) in [6, 6.07) is 0.122. The largest absolute Gasteiger partial charge is 0.354 e. The highest BCUT2D eigenvalue weighted by atomic mass is 35.5. The Morgan fingerprint density at radius 1 is 1.40 bits per heavy atom. The number of carbonyl (C=O) groups is 2. The van der Waals surface area contributed by atoms with Crippen LogP contribution in [-0.4, -0.2) is 40.7 Å². The highest BCUT2D eigenvalue weighted by molar-refractivity contribution is 6.02. The monoisotopic (exact) mass is 299 g/mol. The van der Waals surface area contributed by atoms with Crippen LogP contribution in [0.5, 0.6) is 0 Å². The molecule has 0 aromatic carbocycles. The van der Waals surface area contributed by atoms with Gasteiger partial charge in [-0.25, -0.2) is 0 Å². The van der Waals surface area contributed by atoms with Gasteiger partial charge in [-0.05, 0) is 39.2 Å². The second-order valence-corrected chi connectivity index (χ2v) is 5.21. The first-order valence-corrected chi connectivity index (χ1v) is 6.68. The second kappa shape index (κ2) is 6.41. The molecule has 1 aromatic rings. The first kappa shape index (κ1) is 16.7. The van der Waals surface area contributed by atoms with Gasteiger partial charge in [-0.2, -0.15) is 0 Å². The number of amides is 1. The van der Waals surface area contributed by atoms with E-state index < -0.39 is 0 Å². The highest BCUT2D eigenvalue weighted by Gasteiger charge is 2.31. The van der Waals surface area contributed by atoms with Crippen LogP contribution in [0.4, 0.5) is 0 Å². The first-order chi connectivity index (χ1) is 8.97. The van der Waals surface area contributed by atoms with E-state index in [2.05, 4.69) is 4.98 Å². The molecule has 1 aliphatic rings. The molecule has 1 atom stereocenters. The van der Waals surface area contributed by atoms with Gasteiger partial charge in [-0.3, -0.25) is 9.59 Å². The van der Waals surface area contributed by atoms with Crippen LogP contribution < -0.4 is 5.73 Å². The normalized spacial score (nSPS) is 18.0. The number of halogens is 1. The predicted octanol–water partition coefficient (Wildman–Crippen LogP) is 1.82. The number of ketones is 1. The van der Waals surface area contributed by atoms with Gasteiger partial charge >= 0.3 is 0 Å². The number of nitrogens with two attached hydrogens (primary N) is 1. The standard InChI is InChI=1S/C14H21N3O2.ClH/c1-8-12(10(3)18)9(2)16-13(8)14(19)17-6-4-5-11(17)7-15;/h11,16H,4-7,15H2,1-3H3;1H. The maximum absolute atomic E-state index is 12.6. The Morgan fingerprint density at radius 2 is 2.05 bits per heavy atom. The fraction of sp³-hybridized carbons (Fsp3) is 0.571. The van der Waals surface area contributed by atoms with Gasteiger partial charge in [0.15, 0.2) is 5.78 Å². The lowest BCUT2D eigenvalue weighted by Crippen LogP contribution is -2.40. The number of H-pyrrole nitrogens is 1. The topological polar surface area (TPSA) is 79.2 Å². The number of aromatic nitrogens is 1. The molecule has 5 nitrogen and oxygen atoms in total. The van der Waals surface area contributed by atoms with E-state index in [-0.39, 0.29) is 30.1 Å². The molecule has 1 fully saturated rings. The lowest BCUT2D eigenvalue weighted by molar-refractivity contribution is 0.0735. The number of hydrogen-bond acceptors (Lipinski definition) is 3. The molecule has 1 amide bonds. The smallest absolute Gasteiger partial charge is 0.270 e. The SMILES string of the molecule is CC(=O)c1c(C)[nH]c(C(=O)N2CCCC2CN)c1C.Cl. The van der Waals surface area contributed by atoms with Crippen LogP contribution in [0.2, 0.25) is 0 Å². The summed E-state index contributed by atoms with van der Waals surface area (Å²) >= 11 is 0.